The lowest BCUT2D eigenvalue weighted by atomic mass is 10.1. The van der Waals surface area contributed by atoms with Crippen LogP contribution in [0.25, 0.3) is 0 Å². The Balaban J connectivity index is 1.90. The molecule has 0 fully saturated rings. The highest BCUT2D eigenvalue weighted by atomic mass is 32.2. The number of thioether (sulfide) groups is 1. The molecule has 1 N–H and O–H groups in total. The van der Waals surface area contributed by atoms with E-state index in [4.69, 9.17) is 9.47 Å². The number of thiophene rings is 1. The van der Waals surface area contributed by atoms with Crippen LogP contribution in [-0.4, -0.2) is 25.1 Å². The highest BCUT2D eigenvalue weighted by Crippen LogP contribution is 2.38. The monoisotopic (exact) mass is 322 g/mol. The molecule has 0 saturated carbocycles. The van der Waals surface area contributed by atoms with Gasteiger partial charge in [0.1, 0.15) is 6.10 Å². The van der Waals surface area contributed by atoms with Crippen LogP contribution in [0.4, 0.5) is 0 Å². The molecule has 1 aromatic carbocycles. The second-order valence-electron chi connectivity index (χ2n) is 4.92. The van der Waals surface area contributed by atoms with E-state index in [0.29, 0.717) is 11.5 Å². The van der Waals surface area contributed by atoms with Gasteiger partial charge in [-0.1, -0.05) is 6.07 Å². The van der Waals surface area contributed by atoms with Crippen LogP contribution in [0, 0.1) is 0 Å². The summed E-state index contributed by atoms with van der Waals surface area (Å²) >= 11 is 3.68. The third-order valence-electron chi connectivity index (χ3n) is 3.64. The third kappa shape index (κ3) is 2.91. The van der Waals surface area contributed by atoms with E-state index in [-0.39, 0.29) is 0 Å². The Hall–Kier alpha value is -1.17. The Morgan fingerprint density at radius 1 is 1.14 bits per heavy atom. The van der Waals surface area contributed by atoms with E-state index in [1.54, 1.807) is 25.6 Å². The molecule has 0 bridgehead atoms. The van der Waals surface area contributed by atoms with Gasteiger partial charge in [-0.15, -0.1) is 11.3 Å². The Morgan fingerprint density at radius 3 is 2.67 bits per heavy atom. The molecule has 112 valence electrons. The number of aliphatic hydroxyl groups excluding tert-OH is 1. The highest BCUT2D eigenvalue weighted by Gasteiger charge is 2.20. The van der Waals surface area contributed by atoms with Crippen molar-refractivity contribution in [1.29, 1.82) is 0 Å². The van der Waals surface area contributed by atoms with Crippen LogP contribution in [0.3, 0.4) is 0 Å². The van der Waals surface area contributed by atoms with Gasteiger partial charge in [-0.2, -0.15) is 11.8 Å². The molecule has 2 heterocycles. The van der Waals surface area contributed by atoms with Crippen LogP contribution in [-0.2, 0) is 12.2 Å². The maximum absolute atomic E-state index is 10.6. The molecule has 0 spiro atoms. The Morgan fingerprint density at radius 2 is 1.95 bits per heavy atom. The molecule has 1 aromatic heterocycles. The van der Waals surface area contributed by atoms with Crippen molar-refractivity contribution in [3.63, 3.8) is 0 Å². The zero-order chi connectivity index (χ0) is 14.8. The normalized spacial score (nSPS) is 15.4. The molecule has 3 rings (SSSR count). The van der Waals surface area contributed by atoms with Gasteiger partial charge in [-0.05, 0) is 41.5 Å². The zero-order valence-corrected chi connectivity index (χ0v) is 13.7. The van der Waals surface area contributed by atoms with Crippen LogP contribution >= 0.6 is 23.1 Å². The number of hydrogen-bond donors (Lipinski definition) is 1. The molecule has 1 atom stereocenters. The lowest BCUT2D eigenvalue weighted by molar-refractivity contribution is 0.223. The quantitative estimate of drug-likeness (QED) is 0.933. The number of rotatable bonds is 4. The summed E-state index contributed by atoms with van der Waals surface area (Å²) in [6.07, 6.45) is 0.508. The van der Waals surface area contributed by atoms with Crippen LogP contribution in [0.15, 0.2) is 24.3 Å². The lowest BCUT2D eigenvalue weighted by Gasteiger charge is -2.13. The standard InChI is InChI=1S/C16H18O3S2/c1-18-12-4-3-10(7-13(12)19-2)16(17)15-8-11-9-20-6-5-14(11)21-15/h3-4,7-8,16-17H,5-6,9H2,1-2H3. The second-order valence-corrected chi connectivity index (χ2v) is 7.19. The predicted molar refractivity (Wildman–Crippen MR) is 87.8 cm³/mol. The number of benzene rings is 1. The minimum Gasteiger partial charge on any atom is -0.493 e. The first-order valence-electron chi connectivity index (χ1n) is 6.82. The minimum absolute atomic E-state index is 0.606. The van der Waals surface area contributed by atoms with Gasteiger partial charge < -0.3 is 14.6 Å². The summed E-state index contributed by atoms with van der Waals surface area (Å²) in [6.45, 7) is 0. The van der Waals surface area contributed by atoms with Gasteiger partial charge in [0, 0.05) is 15.5 Å². The smallest absolute Gasteiger partial charge is 0.161 e. The molecule has 1 unspecified atom stereocenters. The van der Waals surface area contributed by atoms with E-state index in [1.165, 1.54) is 16.2 Å². The fraction of sp³-hybridized carbons (Fsp3) is 0.375. The molecular weight excluding hydrogens is 304 g/mol. The summed E-state index contributed by atoms with van der Waals surface area (Å²) < 4.78 is 10.5. The summed E-state index contributed by atoms with van der Waals surface area (Å²) in [5.41, 5.74) is 2.21. The maximum Gasteiger partial charge on any atom is 0.161 e. The van der Waals surface area contributed by atoms with Gasteiger partial charge in [0.25, 0.3) is 0 Å². The summed E-state index contributed by atoms with van der Waals surface area (Å²) in [5, 5.41) is 10.6. The van der Waals surface area contributed by atoms with Crippen LogP contribution in [0.2, 0.25) is 0 Å². The number of ether oxygens (including phenoxy) is 2. The molecule has 21 heavy (non-hydrogen) atoms. The van der Waals surface area contributed by atoms with Crippen molar-refractivity contribution in [1.82, 2.24) is 0 Å². The fourth-order valence-electron chi connectivity index (χ4n) is 2.49. The molecule has 0 amide bonds. The molecule has 3 nitrogen and oxygen atoms in total. The van der Waals surface area contributed by atoms with Crippen molar-refractivity contribution in [3.8, 4) is 11.5 Å². The molecule has 0 radical (unpaired) electrons. The molecule has 2 aromatic rings. The van der Waals surface area contributed by atoms with Gasteiger partial charge in [-0.25, -0.2) is 0 Å². The number of aliphatic hydroxyl groups is 1. The predicted octanol–water partition coefficient (Wildman–Crippen LogP) is 3.64. The second kappa shape index (κ2) is 6.30. The van der Waals surface area contributed by atoms with Crippen molar-refractivity contribution in [2.24, 2.45) is 0 Å². The van der Waals surface area contributed by atoms with E-state index in [0.717, 1.165) is 22.6 Å². The van der Waals surface area contributed by atoms with E-state index in [2.05, 4.69) is 6.07 Å². The van der Waals surface area contributed by atoms with Crippen molar-refractivity contribution < 1.29 is 14.6 Å². The number of aryl methyl sites for hydroxylation is 1. The average molecular weight is 322 g/mol. The summed E-state index contributed by atoms with van der Waals surface area (Å²) in [6, 6.07) is 7.71. The highest BCUT2D eigenvalue weighted by molar-refractivity contribution is 7.98. The van der Waals surface area contributed by atoms with Crippen molar-refractivity contribution in [2.75, 3.05) is 20.0 Å². The van der Waals surface area contributed by atoms with Crippen LogP contribution in [0.5, 0.6) is 11.5 Å². The van der Waals surface area contributed by atoms with Crippen molar-refractivity contribution >= 4 is 23.1 Å². The number of hydrogen-bond acceptors (Lipinski definition) is 5. The molecule has 5 heteroatoms. The number of methoxy groups -OCH3 is 2. The summed E-state index contributed by atoms with van der Waals surface area (Å²) in [7, 11) is 3.22. The Labute approximate surface area is 132 Å². The number of fused-ring (bicyclic) bond motifs is 1. The summed E-state index contributed by atoms with van der Waals surface area (Å²) in [5.74, 6) is 3.56. The van der Waals surface area contributed by atoms with E-state index >= 15 is 0 Å². The molecule has 0 aliphatic carbocycles. The van der Waals surface area contributed by atoms with Gasteiger partial charge in [-0.3, -0.25) is 0 Å². The Kier molecular flexibility index (Phi) is 4.42. The first-order chi connectivity index (χ1) is 10.2. The van der Waals surface area contributed by atoms with Gasteiger partial charge in [0.05, 0.1) is 14.2 Å². The van der Waals surface area contributed by atoms with E-state index in [9.17, 15) is 5.11 Å². The molecule has 1 aliphatic heterocycles. The van der Waals surface area contributed by atoms with Gasteiger partial charge in [0.15, 0.2) is 11.5 Å². The fourth-order valence-corrected chi connectivity index (χ4v) is 4.88. The van der Waals surface area contributed by atoms with Gasteiger partial charge >= 0.3 is 0 Å². The lowest BCUT2D eigenvalue weighted by Crippen LogP contribution is -1.99. The van der Waals surface area contributed by atoms with Crippen LogP contribution in [0.1, 0.15) is 27.0 Å². The minimum atomic E-state index is -0.606. The molecule has 1 aliphatic rings. The zero-order valence-electron chi connectivity index (χ0n) is 12.1. The topological polar surface area (TPSA) is 38.7 Å². The first-order valence-corrected chi connectivity index (χ1v) is 8.79. The van der Waals surface area contributed by atoms with E-state index < -0.39 is 6.10 Å². The SMILES string of the molecule is COc1ccc(C(O)c2cc3c(s2)CCSC3)cc1OC. The van der Waals surface area contributed by atoms with Crippen LogP contribution < -0.4 is 9.47 Å². The van der Waals surface area contributed by atoms with Crippen molar-refractivity contribution in [3.05, 3.63) is 45.1 Å². The van der Waals surface area contributed by atoms with Gasteiger partial charge in [0.2, 0.25) is 0 Å². The van der Waals surface area contributed by atoms with E-state index in [1.807, 2.05) is 30.0 Å². The van der Waals surface area contributed by atoms with Crippen molar-refractivity contribution in [2.45, 2.75) is 18.3 Å². The Bertz CT molecular complexity index is 613. The average Bonchev–Trinajstić information content (AvgIpc) is 2.97. The first kappa shape index (κ1) is 14.8. The molecular formula is C16H18O3S2. The third-order valence-corrected chi connectivity index (χ3v) is 5.94. The largest absolute Gasteiger partial charge is 0.493 e. The molecule has 0 saturated heterocycles. The summed E-state index contributed by atoms with van der Waals surface area (Å²) in [4.78, 5) is 2.43. The maximum atomic E-state index is 10.6.